The largest absolute Gasteiger partial charge is 0.466 e. The van der Waals surface area contributed by atoms with Gasteiger partial charge in [0, 0.05) is 30.1 Å². The summed E-state index contributed by atoms with van der Waals surface area (Å²) in [6.07, 6.45) is 0.852. The number of hydrogen-bond donors (Lipinski definition) is 2. The van der Waals surface area contributed by atoms with Crippen molar-refractivity contribution in [3.8, 4) is 0 Å². The number of hydrogen-bond acceptors (Lipinski definition) is 8. The molecule has 0 saturated heterocycles. The van der Waals surface area contributed by atoms with Gasteiger partial charge in [-0.15, -0.1) is 12.4 Å². The number of rotatable bonds is 10. The maximum Gasteiger partial charge on any atom is 0.336 e. The number of nitro groups is 1. The first-order valence-corrected chi connectivity index (χ1v) is 11.3. The molecular weight excluding hydrogens is 486 g/mol. The second kappa shape index (κ2) is 13.4. The lowest BCUT2D eigenvalue weighted by molar-refractivity contribution is -0.384. The van der Waals surface area contributed by atoms with E-state index in [1.54, 1.807) is 19.9 Å². The van der Waals surface area contributed by atoms with E-state index in [0.29, 0.717) is 23.5 Å². The molecule has 0 fully saturated rings. The van der Waals surface area contributed by atoms with E-state index in [9.17, 15) is 19.7 Å². The molecule has 0 aromatic heterocycles. The zero-order valence-electron chi connectivity index (χ0n) is 20.4. The number of carbonyl (C=O) groups is 2. The molecule has 10 heteroatoms. The predicted octanol–water partition coefficient (Wildman–Crippen LogP) is 3.80. The molecule has 0 saturated carbocycles. The summed E-state index contributed by atoms with van der Waals surface area (Å²) in [6.45, 7) is 4.71. The van der Waals surface area contributed by atoms with E-state index in [1.807, 2.05) is 18.2 Å². The topological polar surface area (TPSA) is 120 Å². The SMILES string of the molecule is COC(=O)C1=C(C)NC(C)=C(C(=O)OCCNCCc2ccccc2)C1c1cccc([N+](=O)[O-])c1.Cl. The van der Waals surface area contributed by atoms with Crippen LogP contribution in [0.2, 0.25) is 0 Å². The number of nitrogens with zero attached hydrogens (tertiary/aromatic N) is 1. The number of allylic oxidation sites excluding steroid dienone is 2. The van der Waals surface area contributed by atoms with Crippen LogP contribution in [0, 0.1) is 10.1 Å². The molecule has 1 atom stereocenters. The first-order chi connectivity index (χ1) is 16.8. The van der Waals surface area contributed by atoms with Gasteiger partial charge in [0.2, 0.25) is 0 Å². The number of non-ortho nitro benzene ring substituents is 1. The van der Waals surface area contributed by atoms with Crippen LogP contribution in [0.25, 0.3) is 0 Å². The van der Waals surface area contributed by atoms with Gasteiger partial charge in [-0.25, -0.2) is 9.59 Å². The van der Waals surface area contributed by atoms with E-state index in [1.165, 1.54) is 30.9 Å². The Kier molecular flexibility index (Phi) is 10.6. The van der Waals surface area contributed by atoms with Gasteiger partial charge in [-0.3, -0.25) is 10.1 Å². The van der Waals surface area contributed by atoms with Crippen molar-refractivity contribution < 1.29 is 24.0 Å². The van der Waals surface area contributed by atoms with E-state index in [0.717, 1.165) is 13.0 Å². The van der Waals surface area contributed by atoms with E-state index < -0.39 is 22.8 Å². The number of benzene rings is 2. The molecule has 2 N–H and O–H groups in total. The second-order valence-electron chi connectivity index (χ2n) is 8.10. The molecule has 192 valence electrons. The molecule has 0 aliphatic carbocycles. The standard InChI is InChI=1S/C26H29N3O6.ClH/c1-17-22(25(30)34-3)24(20-10-7-11-21(16-20)29(32)33)23(18(2)28-17)26(31)35-15-14-27-13-12-19-8-5-4-6-9-19;/h4-11,16,24,27-28H,12-15H2,1-3H3;1H. The molecule has 2 aromatic carbocycles. The Bertz CT molecular complexity index is 1160. The average Bonchev–Trinajstić information content (AvgIpc) is 2.85. The molecule has 0 bridgehead atoms. The van der Waals surface area contributed by atoms with Gasteiger partial charge in [0.05, 0.1) is 29.1 Å². The number of halogens is 1. The lowest BCUT2D eigenvalue weighted by Gasteiger charge is -2.30. The first kappa shape index (κ1) is 28.5. The van der Waals surface area contributed by atoms with Crippen LogP contribution < -0.4 is 10.6 Å². The third-order valence-electron chi connectivity index (χ3n) is 5.75. The van der Waals surface area contributed by atoms with E-state index >= 15 is 0 Å². The van der Waals surface area contributed by atoms with Crippen LogP contribution in [0.4, 0.5) is 5.69 Å². The highest BCUT2D eigenvalue weighted by Crippen LogP contribution is 2.40. The Hall–Kier alpha value is -3.69. The summed E-state index contributed by atoms with van der Waals surface area (Å²) in [5.41, 5.74) is 2.91. The Morgan fingerprint density at radius 1 is 1.00 bits per heavy atom. The normalized spacial score (nSPS) is 15.0. The molecule has 0 amide bonds. The van der Waals surface area contributed by atoms with Gasteiger partial charge in [-0.05, 0) is 37.9 Å². The highest BCUT2D eigenvalue weighted by molar-refractivity contribution is 5.99. The number of carbonyl (C=O) groups excluding carboxylic acids is 2. The first-order valence-electron chi connectivity index (χ1n) is 11.3. The van der Waals surface area contributed by atoms with Crippen LogP contribution in [0.1, 0.15) is 30.9 Å². The van der Waals surface area contributed by atoms with Gasteiger partial charge in [0.1, 0.15) is 6.61 Å². The van der Waals surface area contributed by atoms with Crippen molar-refractivity contribution in [1.29, 1.82) is 0 Å². The van der Waals surface area contributed by atoms with Crippen molar-refractivity contribution in [2.24, 2.45) is 0 Å². The van der Waals surface area contributed by atoms with Gasteiger partial charge < -0.3 is 20.1 Å². The molecule has 3 rings (SSSR count). The molecule has 1 unspecified atom stereocenters. The van der Waals surface area contributed by atoms with E-state index in [2.05, 4.69) is 22.8 Å². The maximum absolute atomic E-state index is 13.2. The Labute approximate surface area is 216 Å². The highest BCUT2D eigenvalue weighted by atomic mass is 35.5. The van der Waals surface area contributed by atoms with E-state index in [4.69, 9.17) is 9.47 Å². The van der Waals surface area contributed by atoms with Gasteiger partial charge in [-0.2, -0.15) is 0 Å². The van der Waals surface area contributed by atoms with Crippen molar-refractivity contribution in [3.05, 3.63) is 98.4 Å². The number of nitro benzene ring substituents is 1. The van der Waals surface area contributed by atoms with Crippen molar-refractivity contribution in [2.75, 3.05) is 26.8 Å². The molecule has 1 heterocycles. The minimum absolute atomic E-state index is 0. The summed E-state index contributed by atoms with van der Waals surface area (Å²) in [5, 5.41) is 17.6. The molecule has 0 spiro atoms. The Balaban J connectivity index is 0.00000456. The fourth-order valence-corrected chi connectivity index (χ4v) is 4.09. The predicted molar refractivity (Wildman–Crippen MR) is 138 cm³/mol. The van der Waals surface area contributed by atoms with Crippen molar-refractivity contribution in [3.63, 3.8) is 0 Å². The summed E-state index contributed by atoms with van der Waals surface area (Å²) in [7, 11) is 1.25. The fraction of sp³-hybridized carbons (Fsp3) is 0.308. The van der Waals surface area contributed by atoms with Gasteiger partial charge >= 0.3 is 11.9 Å². The summed E-state index contributed by atoms with van der Waals surface area (Å²) < 4.78 is 10.5. The number of esters is 2. The summed E-state index contributed by atoms with van der Waals surface area (Å²) in [4.78, 5) is 36.7. The number of nitrogens with one attached hydrogen (secondary N) is 2. The van der Waals surface area contributed by atoms with Gasteiger partial charge in [-0.1, -0.05) is 42.5 Å². The molecule has 36 heavy (non-hydrogen) atoms. The zero-order valence-corrected chi connectivity index (χ0v) is 21.2. The van der Waals surface area contributed by atoms with E-state index in [-0.39, 0.29) is 35.8 Å². The molecule has 9 nitrogen and oxygen atoms in total. The summed E-state index contributed by atoms with van der Waals surface area (Å²) in [5.74, 6) is -2.11. The molecule has 1 aliphatic rings. The maximum atomic E-state index is 13.2. The van der Waals surface area contributed by atoms with Crippen LogP contribution >= 0.6 is 12.4 Å². The van der Waals surface area contributed by atoms with Crippen molar-refractivity contribution >= 4 is 30.0 Å². The lowest BCUT2D eigenvalue weighted by Crippen LogP contribution is -2.33. The molecule has 0 radical (unpaired) electrons. The third-order valence-corrected chi connectivity index (χ3v) is 5.75. The number of dihydropyridines is 1. The Morgan fingerprint density at radius 2 is 1.67 bits per heavy atom. The summed E-state index contributed by atoms with van der Waals surface area (Å²) >= 11 is 0. The Morgan fingerprint density at radius 3 is 2.31 bits per heavy atom. The zero-order chi connectivity index (χ0) is 25.4. The van der Waals surface area contributed by atoms with Crippen LogP contribution in [-0.4, -0.2) is 43.7 Å². The average molecular weight is 516 g/mol. The van der Waals surface area contributed by atoms with Gasteiger partial charge in [0.25, 0.3) is 5.69 Å². The third kappa shape index (κ3) is 6.93. The minimum Gasteiger partial charge on any atom is -0.466 e. The van der Waals surface area contributed by atoms with Crippen LogP contribution in [0.15, 0.2) is 77.1 Å². The molecule has 2 aromatic rings. The number of ether oxygens (including phenoxy) is 2. The monoisotopic (exact) mass is 515 g/mol. The molecule has 1 aliphatic heterocycles. The second-order valence-corrected chi connectivity index (χ2v) is 8.10. The fourth-order valence-electron chi connectivity index (χ4n) is 4.09. The number of methoxy groups -OCH3 is 1. The lowest BCUT2D eigenvalue weighted by atomic mass is 9.80. The van der Waals surface area contributed by atoms with Crippen LogP contribution in [0.3, 0.4) is 0 Å². The van der Waals surface area contributed by atoms with Crippen LogP contribution in [-0.2, 0) is 25.5 Å². The quantitative estimate of drug-likeness (QED) is 0.212. The van der Waals surface area contributed by atoms with Gasteiger partial charge in [0.15, 0.2) is 0 Å². The van der Waals surface area contributed by atoms with Crippen LogP contribution in [0.5, 0.6) is 0 Å². The molecular formula is C26H30ClN3O6. The smallest absolute Gasteiger partial charge is 0.336 e. The van der Waals surface area contributed by atoms with Crippen molar-refractivity contribution in [1.82, 2.24) is 10.6 Å². The highest BCUT2D eigenvalue weighted by Gasteiger charge is 2.38. The van der Waals surface area contributed by atoms with Crippen molar-refractivity contribution in [2.45, 2.75) is 26.2 Å². The minimum atomic E-state index is -0.873. The summed E-state index contributed by atoms with van der Waals surface area (Å²) in [6, 6.07) is 15.9.